The Morgan fingerprint density at radius 1 is 1.09 bits per heavy atom. The SMILES string of the molecule is Cc1ccc(CNC(=O)c2nn(C)c3c2C[C@@H](NC2CCN(Cc4ccccc4)CC2)CC3)o1. The maximum Gasteiger partial charge on any atom is 0.272 e. The van der Waals surface area contributed by atoms with E-state index in [-0.39, 0.29) is 5.91 Å². The van der Waals surface area contributed by atoms with Crippen LogP contribution in [-0.4, -0.2) is 45.8 Å². The van der Waals surface area contributed by atoms with Crippen molar-refractivity contribution >= 4 is 5.91 Å². The largest absolute Gasteiger partial charge is 0.465 e. The summed E-state index contributed by atoms with van der Waals surface area (Å²) in [6.45, 7) is 5.56. The van der Waals surface area contributed by atoms with Crippen LogP contribution >= 0.6 is 0 Å². The van der Waals surface area contributed by atoms with E-state index in [1.54, 1.807) is 0 Å². The molecule has 3 heterocycles. The first-order valence-electron chi connectivity index (χ1n) is 12.5. The summed E-state index contributed by atoms with van der Waals surface area (Å²) in [5, 5.41) is 11.5. The average molecular weight is 462 g/mol. The second-order valence-corrected chi connectivity index (χ2v) is 9.73. The third-order valence-electron chi connectivity index (χ3n) is 7.20. The summed E-state index contributed by atoms with van der Waals surface area (Å²) in [4.78, 5) is 15.5. The van der Waals surface area contributed by atoms with Crippen LogP contribution in [0.1, 0.15) is 58.1 Å². The molecule has 0 spiro atoms. The lowest BCUT2D eigenvalue weighted by molar-refractivity contribution is 0.0941. The number of nitrogens with one attached hydrogen (secondary N) is 2. The zero-order valence-corrected chi connectivity index (χ0v) is 20.2. The molecule has 2 aliphatic rings. The van der Waals surface area contributed by atoms with Crippen LogP contribution in [0.15, 0.2) is 46.9 Å². The van der Waals surface area contributed by atoms with Gasteiger partial charge in [-0.2, -0.15) is 5.10 Å². The van der Waals surface area contributed by atoms with Crippen LogP contribution in [0.2, 0.25) is 0 Å². The summed E-state index contributed by atoms with van der Waals surface area (Å²) in [5.74, 6) is 1.48. The first-order valence-corrected chi connectivity index (χ1v) is 12.5. The molecule has 0 unspecified atom stereocenters. The van der Waals surface area contributed by atoms with Crippen LogP contribution in [0.25, 0.3) is 0 Å². The van der Waals surface area contributed by atoms with Crippen molar-refractivity contribution < 1.29 is 9.21 Å². The number of aromatic nitrogens is 2. The van der Waals surface area contributed by atoms with Gasteiger partial charge in [-0.05, 0) is 69.8 Å². The van der Waals surface area contributed by atoms with Crippen LogP contribution in [0.4, 0.5) is 0 Å². The number of hydrogen-bond acceptors (Lipinski definition) is 5. The molecule has 1 aromatic carbocycles. The summed E-state index contributed by atoms with van der Waals surface area (Å²) in [6, 6.07) is 15.5. The predicted octanol–water partition coefficient (Wildman–Crippen LogP) is 3.36. The van der Waals surface area contributed by atoms with E-state index in [2.05, 4.69) is 51.0 Å². The second-order valence-electron chi connectivity index (χ2n) is 9.73. The second kappa shape index (κ2) is 10.2. The maximum absolute atomic E-state index is 12.9. The molecule has 2 N–H and O–H groups in total. The number of amides is 1. The molecular weight excluding hydrogens is 426 g/mol. The van der Waals surface area contributed by atoms with Gasteiger partial charge >= 0.3 is 0 Å². The molecule has 180 valence electrons. The normalized spacial score (nSPS) is 19.2. The highest BCUT2D eigenvalue weighted by atomic mass is 16.3. The highest BCUT2D eigenvalue weighted by Gasteiger charge is 2.30. The van der Waals surface area contributed by atoms with Crippen molar-refractivity contribution in [3.8, 4) is 0 Å². The molecule has 7 heteroatoms. The van der Waals surface area contributed by atoms with E-state index >= 15 is 0 Å². The van der Waals surface area contributed by atoms with Gasteiger partial charge in [0, 0.05) is 36.9 Å². The Morgan fingerprint density at radius 2 is 1.88 bits per heavy atom. The monoisotopic (exact) mass is 461 g/mol. The van der Waals surface area contributed by atoms with Gasteiger partial charge in [0.15, 0.2) is 5.69 Å². The molecule has 2 aromatic heterocycles. The van der Waals surface area contributed by atoms with E-state index in [0.29, 0.717) is 24.3 Å². The molecule has 0 saturated carbocycles. The molecule has 1 saturated heterocycles. The van der Waals surface area contributed by atoms with E-state index in [1.165, 1.54) is 24.1 Å². The third-order valence-corrected chi connectivity index (χ3v) is 7.20. The van der Waals surface area contributed by atoms with Crippen molar-refractivity contribution in [1.82, 2.24) is 25.3 Å². The summed E-state index contributed by atoms with van der Waals surface area (Å²) < 4.78 is 7.46. The van der Waals surface area contributed by atoms with Gasteiger partial charge in [0.2, 0.25) is 0 Å². The van der Waals surface area contributed by atoms with E-state index in [9.17, 15) is 4.79 Å². The van der Waals surface area contributed by atoms with Crippen molar-refractivity contribution in [1.29, 1.82) is 0 Å². The number of likely N-dealkylation sites (tertiary alicyclic amines) is 1. The van der Waals surface area contributed by atoms with Crippen molar-refractivity contribution in [3.63, 3.8) is 0 Å². The molecule has 7 nitrogen and oxygen atoms in total. The minimum absolute atomic E-state index is 0.124. The molecule has 5 rings (SSSR count). The zero-order valence-electron chi connectivity index (χ0n) is 20.2. The van der Waals surface area contributed by atoms with Gasteiger partial charge in [0.05, 0.1) is 6.54 Å². The van der Waals surface area contributed by atoms with E-state index in [0.717, 1.165) is 56.0 Å². The predicted molar refractivity (Wildman–Crippen MR) is 132 cm³/mol. The molecule has 1 aliphatic heterocycles. The molecule has 34 heavy (non-hydrogen) atoms. The molecule has 1 aliphatic carbocycles. The fourth-order valence-electron chi connectivity index (χ4n) is 5.38. The number of benzene rings is 1. The summed E-state index contributed by atoms with van der Waals surface area (Å²) in [7, 11) is 1.95. The first-order chi connectivity index (χ1) is 16.5. The van der Waals surface area contributed by atoms with Crippen molar-refractivity contribution in [3.05, 3.63) is 76.5 Å². The summed E-state index contributed by atoms with van der Waals surface area (Å²) >= 11 is 0. The van der Waals surface area contributed by atoms with Gasteiger partial charge in [0.1, 0.15) is 11.5 Å². The Hall–Kier alpha value is -2.90. The van der Waals surface area contributed by atoms with Gasteiger partial charge in [-0.15, -0.1) is 0 Å². The number of rotatable bonds is 7. The first kappa shape index (κ1) is 22.9. The number of fused-ring (bicyclic) bond motifs is 1. The van der Waals surface area contributed by atoms with Gasteiger partial charge in [-0.1, -0.05) is 30.3 Å². The van der Waals surface area contributed by atoms with Gasteiger partial charge < -0.3 is 15.1 Å². The Kier molecular flexibility index (Phi) is 6.83. The number of furan rings is 1. The van der Waals surface area contributed by atoms with Gasteiger partial charge in [-0.25, -0.2) is 0 Å². The summed E-state index contributed by atoms with van der Waals surface area (Å²) in [6.07, 6.45) is 5.23. The van der Waals surface area contributed by atoms with Crippen molar-refractivity contribution in [2.75, 3.05) is 13.1 Å². The molecule has 1 atom stereocenters. The smallest absolute Gasteiger partial charge is 0.272 e. The highest BCUT2D eigenvalue weighted by molar-refractivity contribution is 5.94. The number of carbonyl (C=O) groups excluding carboxylic acids is 1. The Bertz CT molecular complexity index is 1110. The Morgan fingerprint density at radius 3 is 2.62 bits per heavy atom. The fourth-order valence-corrected chi connectivity index (χ4v) is 5.38. The van der Waals surface area contributed by atoms with Crippen LogP contribution in [0.3, 0.4) is 0 Å². The topological polar surface area (TPSA) is 75.3 Å². The number of nitrogens with zero attached hydrogens (tertiary/aromatic N) is 3. The highest BCUT2D eigenvalue weighted by Crippen LogP contribution is 2.26. The number of carbonyl (C=O) groups is 1. The maximum atomic E-state index is 12.9. The number of aryl methyl sites for hydroxylation is 2. The number of hydrogen-bond donors (Lipinski definition) is 2. The summed E-state index contributed by atoms with van der Waals surface area (Å²) in [5.41, 5.74) is 4.24. The molecule has 0 bridgehead atoms. The lowest BCUT2D eigenvalue weighted by Gasteiger charge is -2.35. The van der Waals surface area contributed by atoms with E-state index in [4.69, 9.17) is 4.42 Å². The van der Waals surface area contributed by atoms with Gasteiger partial charge in [0.25, 0.3) is 5.91 Å². The fraction of sp³-hybridized carbons (Fsp3) is 0.481. The van der Waals surface area contributed by atoms with Crippen LogP contribution in [0.5, 0.6) is 0 Å². The van der Waals surface area contributed by atoms with Crippen molar-refractivity contribution in [2.24, 2.45) is 7.05 Å². The van der Waals surface area contributed by atoms with E-state index < -0.39 is 0 Å². The quantitative estimate of drug-likeness (QED) is 0.564. The zero-order chi connectivity index (χ0) is 23.5. The third kappa shape index (κ3) is 5.26. The minimum atomic E-state index is -0.124. The standard InChI is InChI=1S/C27H35N5O2/c1-19-8-10-23(34-19)17-28-27(33)26-24-16-22(9-11-25(24)31(2)30-26)29-21-12-14-32(15-13-21)18-20-6-4-3-5-7-20/h3-8,10,21-22,29H,9,11-18H2,1-2H3,(H,28,33)/t22-/m0/s1. The lowest BCUT2D eigenvalue weighted by Crippen LogP contribution is -2.47. The lowest BCUT2D eigenvalue weighted by atomic mass is 9.90. The minimum Gasteiger partial charge on any atom is -0.465 e. The van der Waals surface area contributed by atoms with Gasteiger partial charge in [-0.3, -0.25) is 14.4 Å². The van der Waals surface area contributed by atoms with Crippen molar-refractivity contribution in [2.45, 2.75) is 64.2 Å². The van der Waals surface area contributed by atoms with Crippen LogP contribution in [-0.2, 0) is 33.0 Å². The Balaban J connectivity index is 1.15. The van der Waals surface area contributed by atoms with Crippen LogP contribution < -0.4 is 10.6 Å². The molecule has 1 fully saturated rings. The molecular formula is C27H35N5O2. The molecule has 0 radical (unpaired) electrons. The molecule has 3 aromatic rings. The van der Waals surface area contributed by atoms with Crippen LogP contribution in [0, 0.1) is 6.92 Å². The van der Waals surface area contributed by atoms with E-state index in [1.807, 2.05) is 30.8 Å². The Labute approximate surface area is 201 Å². The number of piperidine rings is 1. The molecule has 1 amide bonds. The average Bonchev–Trinajstić information content (AvgIpc) is 3.42.